The molecule has 19 nitrogen and oxygen atoms in total. The minimum Gasteiger partial charge on any atom is -0.394 e. The van der Waals surface area contributed by atoms with Gasteiger partial charge in [-0.2, -0.15) is 0 Å². The van der Waals surface area contributed by atoms with Crippen LogP contribution in [0.1, 0.15) is 96.8 Å². The minimum absolute atomic E-state index is 0.0214. The molecule has 0 aromatic rings. The van der Waals surface area contributed by atoms with Crippen molar-refractivity contribution < 1.29 is 90.4 Å². The van der Waals surface area contributed by atoms with E-state index < -0.39 is 0 Å². The number of aliphatic hydroxyl groups is 1. The average Bonchev–Trinajstić information content (AvgIpc) is 3.38. The first-order valence-corrected chi connectivity index (χ1v) is 27.4. The van der Waals surface area contributed by atoms with Gasteiger partial charge in [0.05, 0.1) is 238 Å². The molecule has 0 fully saturated rings. The van der Waals surface area contributed by atoms with Crippen molar-refractivity contribution in [3.63, 3.8) is 0 Å². The van der Waals surface area contributed by atoms with Crippen molar-refractivity contribution in [2.45, 2.75) is 96.8 Å². The predicted octanol–water partition coefficient (Wildman–Crippen LogP) is 5.76. The molecule has 0 unspecified atom stereocenters. The molecule has 428 valence electrons. The molecule has 0 saturated carbocycles. The molecule has 0 aliphatic heterocycles. The van der Waals surface area contributed by atoms with E-state index in [4.69, 9.17) is 90.4 Å². The zero-order valence-electron chi connectivity index (χ0n) is 44.9. The smallest absolute Gasteiger partial charge is 0.0701 e. The first-order chi connectivity index (χ1) is 35.4. The van der Waals surface area contributed by atoms with Crippen molar-refractivity contribution in [2.24, 2.45) is 0 Å². The highest BCUT2D eigenvalue weighted by atomic mass is 16.6. The van der Waals surface area contributed by atoms with E-state index in [9.17, 15) is 0 Å². The normalized spacial score (nSPS) is 11.7. The highest BCUT2D eigenvalue weighted by molar-refractivity contribution is 4.50. The van der Waals surface area contributed by atoms with Crippen LogP contribution in [0.2, 0.25) is 0 Å². The van der Waals surface area contributed by atoms with E-state index in [0.29, 0.717) is 231 Å². The first-order valence-electron chi connectivity index (χ1n) is 27.4. The van der Waals surface area contributed by atoms with E-state index in [1.165, 1.54) is 83.5 Å². The maximum atomic E-state index is 8.61. The lowest BCUT2D eigenvalue weighted by molar-refractivity contribution is -0.0310. The summed E-state index contributed by atoms with van der Waals surface area (Å²) >= 11 is 0. The lowest BCUT2D eigenvalue weighted by Crippen LogP contribution is -2.16. The second kappa shape index (κ2) is 69.2. The van der Waals surface area contributed by atoms with Crippen molar-refractivity contribution in [2.75, 3.05) is 244 Å². The zero-order valence-corrected chi connectivity index (χ0v) is 44.9. The van der Waals surface area contributed by atoms with E-state index in [1.807, 2.05) is 0 Å². The van der Waals surface area contributed by atoms with Gasteiger partial charge in [-0.1, -0.05) is 90.4 Å². The van der Waals surface area contributed by atoms with Crippen molar-refractivity contribution in [3.8, 4) is 0 Å². The summed E-state index contributed by atoms with van der Waals surface area (Å²) in [4.78, 5) is 0. The third-order valence-corrected chi connectivity index (χ3v) is 10.2. The summed E-state index contributed by atoms with van der Waals surface area (Å²) in [6.07, 6.45) is 19.2. The van der Waals surface area contributed by atoms with E-state index >= 15 is 0 Å². The Hall–Kier alpha value is -0.760. The van der Waals surface area contributed by atoms with Crippen molar-refractivity contribution in [1.29, 1.82) is 0 Å². The predicted molar refractivity (Wildman–Crippen MR) is 272 cm³/mol. The zero-order chi connectivity index (χ0) is 50.8. The van der Waals surface area contributed by atoms with Crippen LogP contribution in [0.5, 0.6) is 0 Å². The van der Waals surface area contributed by atoms with Crippen LogP contribution in [-0.2, 0) is 85.3 Å². The van der Waals surface area contributed by atoms with Crippen molar-refractivity contribution >= 4 is 0 Å². The summed E-state index contributed by atoms with van der Waals surface area (Å²) in [5.74, 6) is 0. The van der Waals surface area contributed by atoms with E-state index in [0.717, 1.165) is 13.0 Å². The lowest BCUT2D eigenvalue weighted by Gasteiger charge is -2.09. The number of aliphatic hydroxyl groups excluding tert-OH is 1. The highest BCUT2D eigenvalue weighted by Gasteiger charge is 2.00. The molecule has 0 atom stereocenters. The second-order valence-corrected chi connectivity index (χ2v) is 16.3. The molecule has 0 saturated heterocycles. The van der Waals surface area contributed by atoms with Crippen molar-refractivity contribution in [1.82, 2.24) is 0 Å². The second-order valence-electron chi connectivity index (χ2n) is 16.3. The van der Waals surface area contributed by atoms with Gasteiger partial charge in [0, 0.05) is 6.61 Å². The minimum atomic E-state index is 0.0214. The number of unbranched alkanes of at least 4 members (excludes halogenated alkanes) is 13. The number of ether oxygens (including phenoxy) is 18. The molecule has 0 heterocycles. The molecule has 0 aliphatic carbocycles. The third kappa shape index (κ3) is 69.2. The van der Waals surface area contributed by atoms with Gasteiger partial charge in [-0.05, 0) is 6.42 Å². The Morgan fingerprint density at radius 1 is 0.155 bits per heavy atom. The van der Waals surface area contributed by atoms with Crippen LogP contribution in [0.4, 0.5) is 0 Å². The molecule has 71 heavy (non-hydrogen) atoms. The maximum Gasteiger partial charge on any atom is 0.0701 e. The van der Waals surface area contributed by atoms with E-state index in [1.54, 1.807) is 0 Å². The van der Waals surface area contributed by atoms with E-state index in [-0.39, 0.29) is 6.61 Å². The van der Waals surface area contributed by atoms with Gasteiger partial charge < -0.3 is 90.4 Å². The van der Waals surface area contributed by atoms with Crippen LogP contribution >= 0.6 is 0 Å². The SMILES string of the molecule is CCCCCCCCCCCCCCCCOCCOCCOCCOCCOCCOCCOCCOCCOCCOCCOCCOCCOCCOCCOCCOCCOCCOCCO. The molecule has 0 aliphatic rings. The molecular formula is C52H106O19. The molecular weight excluding hydrogens is 929 g/mol. The average molecular weight is 1040 g/mol. The Morgan fingerprint density at radius 3 is 0.437 bits per heavy atom. The molecule has 1 N–H and O–H groups in total. The highest BCUT2D eigenvalue weighted by Crippen LogP contribution is 2.13. The summed E-state index contributed by atoms with van der Waals surface area (Å²) in [6.45, 7) is 20.8. The summed E-state index contributed by atoms with van der Waals surface area (Å²) in [7, 11) is 0. The molecule has 0 aromatic carbocycles. The fourth-order valence-corrected chi connectivity index (χ4v) is 6.30. The number of hydrogen-bond donors (Lipinski definition) is 1. The Balaban J connectivity index is 3.07. The van der Waals surface area contributed by atoms with Gasteiger partial charge in [-0.15, -0.1) is 0 Å². The van der Waals surface area contributed by atoms with Crippen LogP contribution in [0.3, 0.4) is 0 Å². The van der Waals surface area contributed by atoms with Gasteiger partial charge in [0.1, 0.15) is 0 Å². The van der Waals surface area contributed by atoms with E-state index in [2.05, 4.69) is 6.92 Å². The fraction of sp³-hybridized carbons (Fsp3) is 1.00. The molecule has 0 bridgehead atoms. The maximum absolute atomic E-state index is 8.61. The molecule has 19 heteroatoms. The van der Waals surface area contributed by atoms with Crippen LogP contribution in [-0.4, -0.2) is 250 Å². The van der Waals surface area contributed by atoms with Crippen LogP contribution in [0, 0.1) is 0 Å². The van der Waals surface area contributed by atoms with Crippen LogP contribution in [0.15, 0.2) is 0 Å². The van der Waals surface area contributed by atoms with Gasteiger partial charge in [-0.25, -0.2) is 0 Å². The Labute approximate surface area is 430 Å². The van der Waals surface area contributed by atoms with Crippen LogP contribution in [0.25, 0.3) is 0 Å². The van der Waals surface area contributed by atoms with Gasteiger partial charge in [0.2, 0.25) is 0 Å². The molecule has 0 rings (SSSR count). The van der Waals surface area contributed by atoms with Gasteiger partial charge >= 0.3 is 0 Å². The summed E-state index contributed by atoms with van der Waals surface area (Å²) in [5.41, 5.74) is 0. The monoisotopic (exact) mass is 1030 g/mol. The van der Waals surface area contributed by atoms with Gasteiger partial charge in [-0.3, -0.25) is 0 Å². The summed E-state index contributed by atoms with van der Waals surface area (Å²) in [5, 5.41) is 8.61. The van der Waals surface area contributed by atoms with Crippen molar-refractivity contribution in [3.05, 3.63) is 0 Å². The Kier molecular flexibility index (Phi) is 68.5. The number of hydrogen-bond acceptors (Lipinski definition) is 19. The quantitative estimate of drug-likeness (QED) is 0.0725. The topological polar surface area (TPSA) is 186 Å². The number of rotatable bonds is 68. The molecule has 0 aromatic heterocycles. The van der Waals surface area contributed by atoms with Gasteiger partial charge in [0.25, 0.3) is 0 Å². The standard InChI is InChI=1S/C52H106O19/c1-2-3-4-5-6-7-8-9-10-11-12-13-14-15-17-54-19-21-56-23-25-58-27-29-60-31-33-62-35-37-64-39-41-66-43-45-68-47-49-70-51-52-71-50-48-69-46-44-67-42-40-65-38-36-63-34-32-61-30-28-59-26-24-57-22-20-55-18-16-53/h53H,2-52H2,1H3. The van der Waals surface area contributed by atoms with Crippen LogP contribution < -0.4 is 0 Å². The Bertz CT molecular complexity index is 834. The fourth-order valence-electron chi connectivity index (χ4n) is 6.30. The summed E-state index contributed by atoms with van der Waals surface area (Å²) in [6, 6.07) is 0. The largest absolute Gasteiger partial charge is 0.394 e. The van der Waals surface area contributed by atoms with Gasteiger partial charge in [0.15, 0.2) is 0 Å². The first kappa shape index (κ1) is 70.2. The molecule has 0 radical (unpaired) electrons. The molecule has 0 spiro atoms. The molecule has 0 amide bonds. The Morgan fingerprint density at radius 2 is 0.282 bits per heavy atom. The summed E-state index contributed by atoms with van der Waals surface area (Å²) < 4.78 is 98.9. The lowest BCUT2D eigenvalue weighted by atomic mass is 10.0. The third-order valence-electron chi connectivity index (χ3n) is 10.2.